The van der Waals surface area contributed by atoms with E-state index >= 15 is 0 Å². The zero-order valence-electron chi connectivity index (χ0n) is 15.8. The number of benzene rings is 1. The molecule has 0 saturated carbocycles. The van der Waals surface area contributed by atoms with Crippen LogP contribution >= 0.6 is 0 Å². The average Bonchev–Trinajstić information content (AvgIpc) is 3.24. The van der Waals surface area contributed by atoms with Crippen molar-refractivity contribution >= 4 is 12.0 Å². The molecule has 7 nitrogen and oxygen atoms in total. The summed E-state index contributed by atoms with van der Waals surface area (Å²) in [5.41, 5.74) is 6.97. The maximum absolute atomic E-state index is 12.6. The van der Waals surface area contributed by atoms with Crippen molar-refractivity contribution in [2.45, 2.75) is 50.3 Å². The third kappa shape index (κ3) is 3.94. The molecule has 1 aromatic rings. The lowest BCUT2D eigenvalue weighted by atomic mass is 9.90. The fourth-order valence-corrected chi connectivity index (χ4v) is 4.27. The molecule has 146 valence electrons. The van der Waals surface area contributed by atoms with E-state index in [4.69, 9.17) is 4.74 Å². The number of hydrogen-bond donors (Lipinski definition) is 2. The Morgan fingerprint density at radius 3 is 2.63 bits per heavy atom. The Labute approximate surface area is 160 Å². The molecule has 2 unspecified atom stereocenters. The zero-order chi connectivity index (χ0) is 18.9. The Balaban J connectivity index is 1.29. The van der Waals surface area contributed by atoms with Crippen molar-refractivity contribution in [3.8, 4) is 0 Å². The first-order valence-corrected chi connectivity index (χ1v) is 9.86. The Kier molecular flexibility index (Phi) is 5.06. The first-order valence-electron chi connectivity index (χ1n) is 9.86. The van der Waals surface area contributed by atoms with E-state index < -0.39 is 5.60 Å². The number of ether oxygens (including phenoxy) is 1. The predicted molar refractivity (Wildman–Crippen MR) is 101 cm³/mol. The Morgan fingerprint density at radius 2 is 1.96 bits per heavy atom. The highest BCUT2D eigenvalue weighted by atomic mass is 16.6. The molecule has 7 heteroatoms. The van der Waals surface area contributed by atoms with Crippen LogP contribution in [0, 0.1) is 0 Å². The number of likely N-dealkylation sites (tertiary alicyclic amines) is 1. The van der Waals surface area contributed by atoms with Gasteiger partial charge in [-0.05, 0) is 25.3 Å². The molecular formula is C20H28N4O3. The maximum Gasteiger partial charge on any atom is 0.410 e. The summed E-state index contributed by atoms with van der Waals surface area (Å²) in [7, 11) is 0. The maximum atomic E-state index is 12.6. The normalized spacial score (nSPS) is 27.2. The highest BCUT2D eigenvalue weighted by molar-refractivity contribution is 5.82. The summed E-state index contributed by atoms with van der Waals surface area (Å²) in [6.45, 7) is 4.65. The van der Waals surface area contributed by atoms with E-state index in [9.17, 15) is 9.59 Å². The third-order valence-corrected chi connectivity index (χ3v) is 5.93. The van der Waals surface area contributed by atoms with Crippen LogP contribution in [-0.2, 0) is 16.0 Å². The lowest BCUT2D eigenvalue weighted by Crippen LogP contribution is -2.53. The summed E-state index contributed by atoms with van der Waals surface area (Å²) in [5.74, 6) is 0.145. The number of hydrazine groups is 1. The van der Waals surface area contributed by atoms with Crippen molar-refractivity contribution < 1.29 is 14.3 Å². The predicted octanol–water partition coefficient (Wildman–Crippen LogP) is 1.30. The SMILES string of the molecule is CC1CC(C(=O)N2CCC3(CC2)CN(CCc2ccccc2)C(=O)O3)NN1. The van der Waals surface area contributed by atoms with Crippen molar-refractivity contribution in [1.82, 2.24) is 20.7 Å². The van der Waals surface area contributed by atoms with Gasteiger partial charge in [-0.15, -0.1) is 0 Å². The van der Waals surface area contributed by atoms with Crippen molar-refractivity contribution in [2.24, 2.45) is 0 Å². The molecule has 27 heavy (non-hydrogen) atoms. The van der Waals surface area contributed by atoms with Gasteiger partial charge in [0.1, 0.15) is 11.6 Å². The first kappa shape index (κ1) is 18.3. The third-order valence-electron chi connectivity index (χ3n) is 5.93. The summed E-state index contributed by atoms with van der Waals surface area (Å²) in [5, 5.41) is 0. The van der Waals surface area contributed by atoms with E-state index in [0.717, 1.165) is 12.8 Å². The molecule has 2 amide bonds. The monoisotopic (exact) mass is 372 g/mol. The van der Waals surface area contributed by atoms with E-state index in [-0.39, 0.29) is 18.0 Å². The van der Waals surface area contributed by atoms with Crippen LogP contribution in [0.2, 0.25) is 0 Å². The van der Waals surface area contributed by atoms with Crippen molar-refractivity contribution in [1.29, 1.82) is 0 Å². The summed E-state index contributed by atoms with van der Waals surface area (Å²) in [4.78, 5) is 28.7. The highest BCUT2D eigenvalue weighted by Crippen LogP contribution is 2.33. The molecule has 0 radical (unpaired) electrons. The van der Waals surface area contributed by atoms with Gasteiger partial charge in [0.15, 0.2) is 0 Å². The van der Waals surface area contributed by atoms with Crippen LogP contribution in [0.15, 0.2) is 30.3 Å². The summed E-state index contributed by atoms with van der Waals surface area (Å²) >= 11 is 0. The summed E-state index contributed by atoms with van der Waals surface area (Å²) in [6, 6.07) is 10.3. The standard InChI is InChI=1S/C20H28N4O3/c1-15-13-17(22-21-15)18(25)23-11-8-20(9-12-23)14-24(19(26)27-20)10-7-16-5-3-2-4-6-16/h2-6,15,17,21-22H,7-14H2,1H3. The lowest BCUT2D eigenvalue weighted by molar-refractivity contribution is -0.136. The second-order valence-electron chi connectivity index (χ2n) is 8.01. The molecule has 0 aliphatic carbocycles. The van der Waals surface area contributed by atoms with Crippen LogP contribution in [0.1, 0.15) is 31.7 Å². The molecule has 1 spiro atoms. The number of carbonyl (C=O) groups is 2. The number of rotatable bonds is 4. The molecule has 0 aromatic heterocycles. The van der Waals surface area contributed by atoms with E-state index in [1.807, 2.05) is 28.0 Å². The molecular weight excluding hydrogens is 344 g/mol. The van der Waals surface area contributed by atoms with Gasteiger partial charge >= 0.3 is 6.09 Å². The molecule has 2 atom stereocenters. The topological polar surface area (TPSA) is 73.9 Å². The van der Waals surface area contributed by atoms with Gasteiger partial charge in [0.2, 0.25) is 5.91 Å². The molecule has 3 aliphatic heterocycles. The molecule has 3 fully saturated rings. The largest absolute Gasteiger partial charge is 0.441 e. The van der Waals surface area contributed by atoms with Gasteiger partial charge in [-0.2, -0.15) is 0 Å². The minimum Gasteiger partial charge on any atom is -0.441 e. The molecule has 3 heterocycles. The number of hydrogen-bond acceptors (Lipinski definition) is 5. The first-order chi connectivity index (χ1) is 13.0. The van der Waals surface area contributed by atoms with E-state index in [1.165, 1.54) is 5.56 Å². The van der Waals surface area contributed by atoms with E-state index in [0.29, 0.717) is 45.1 Å². The quantitative estimate of drug-likeness (QED) is 0.833. The second-order valence-corrected chi connectivity index (χ2v) is 8.01. The number of nitrogens with zero attached hydrogens (tertiary/aromatic N) is 2. The number of carbonyl (C=O) groups excluding carboxylic acids is 2. The lowest BCUT2D eigenvalue weighted by Gasteiger charge is -2.38. The van der Waals surface area contributed by atoms with E-state index in [2.05, 4.69) is 29.9 Å². The van der Waals surface area contributed by atoms with Crippen LogP contribution < -0.4 is 10.9 Å². The van der Waals surface area contributed by atoms with Gasteiger partial charge in [0.25, 0.3) is 0 Å². The summed E-state index contributed by atoms with van der Waals surface area (Å²) in [6.07, 6.45) is 2.84. The number of amides is 2. The fourth-order valence-electron chi connectivity index (χ4n) is 4.27. The molecule has 4 rings (SSSR count). The van der Waals surface area contributed by atoms with Crippen LogP contribution in [0.4, 0.5) is 4.79 Å². The van der Waals surface area contributed by atoms with Crippen molar-refractivity contribution in [2.75, 3.05) is 26.2 Å². The van der Waals surface area contributed by atoms with Gasteiger partial charge in [0, 0.05) is 38.5 Å². The van der Waals surface area contributed by atoms with Crippen LogP contribution in [-0.4, -0.2) is 65.7 Å². The van der Waals surface area contributed by atoms with Crippen molar-refractivity contribution in [3.63, 3.8) is 0 Å². The van der Waals surface area contributed by atoms with Crippen LogP contribution in [0.3, 0.4) is 0 Å². The van der Waals surface area contributed by atoms with Crippen molar-refractivity contribution in [3.05, 3.63) is 35.9 Å². The second kappa shape index (κ2) is 7.48. The Bertz CT molecular complexity index is 688. The number of nitrogens with one attached hydrogen (secondary N) is 2. The van der Waals surface area contributed by atoms with Gasteiger partial charge < -0.3 is 14.5 Å². The Morgan fingerprint density at radius 1 is 1.22 bits per heavy atom. The smallest absolute Gasteiger partial charge is 0.410 e. The van der Waals surface area contributed by atoms with Gasteiger partial charge in [0.05, 0.1) is 6.54 Å². The summed E-state index contributed by atoms with van der Waals surface area (Å²) < 4.78 is 5.78. The fraction of sp³-hybridized carbons (Fsp3) is 0.600. The minimum atomic E-state index is -0.431. The minimum absolute atomic E-state index is 0.145. The van der Waals surface area contributed by atoms with Gasteiger partial charge in [-0.25, -0.2) is 10.2 Å². The molecule has 0 bridgehead atoms. The Hall–Kier alpha value is -2.12. The van der Waals surface area contributed by atoms with Crippen LogP contribution in [0.25, 0.3) is 0 Å². The zero-order valence-corrected chi connectivity index (χ0v) is 15.8. The highest BCUT2D eigenvalue weighted by Gasteiger charge is 2.47. The van der Waals surface area contributed by atoms with E-state index in [1.54, 1.807) is 0 Å². The van der Waals surface area contributed by atoms with Crippen LogP contribution in [0.5, 0.6) is 0 Å². The molecule has 3 aliphatic rings. The number of piperidine rings is 1. The molecule has 1 aromatic carbocycles. The van der Waals surface area contributed by atoms with Gasteiger partial charge in [-0.1, -0.05) is 30.3 Å². The van der Waals surface area contributed by atoms with Gasteiger partial charge in [-0.3, -0.25) is 10.2 Å². The molecule has 2 N–H and O–H groups in total. The molecule has 3 saturated heterocycles. The average molecular weight is 372 g/mol.